The summed E-state index contributed by atoms with van der Waals surface area (Å²) in [5, 5.41) is 14.9. The Labute approximate surface area is 119 Å². The molecule has 2 fully saturated rings. The molecule has 1 saturated heterocycles. The van der Waals surface area contributed by atoms with Gasteiger partial charge in [-0.15, -0.1) is 0 Å². The van der Waals surface area contributed by atoms with Crippen molar-refractivity contribution in [1.29, 1.82) is 0 Å². The summed E-state index contributed by atoms with van der Waals surface area (Å²) in [6.45, 7) is 4.18. The number of nitrogens with one attached hydrogen (secondary N) is 1. The summed E-state index contributed by atoms with van der Waals surface area (Å²) in [6, 6.07) is 0. The lowest BCUT2D eigenvalue weighted by Gasteiger charge is -2.27. The van der Waals surface area contributed by atoms with Crippen molar-refractivity contribution in [1.82, 2.24) is 10.2 Å². The lowest BCUT2D eigenvalue weighted by molar-refractivity contribution is -0.135. The Balaban J connectivity index is 1.60. The first kappa shape index (κ1) is 15.1. The van der Waals surface area contributed by atoms with Gasteiger partial charge in [-0.05, 0) is 18.3 Å². The largest absolute Gasteiger partial charge is 0.409 e. The van der Waals surface area contributed by atoms with Gasteiger partial charge in [0.2, 0.25) is 5.91 Å². The molecule has 4 N–H and O–H groups in total. The standard InChI is InChI=1S/C13H24N4O3/c14-11(16-19)9-13(2-3-13)10-15-4-1-12(18)17-5-7-20-8-6-17/h15,19H,1-10H2,(H2,14,16). The molecule has 0 aromatic rings. The van der Waals surface area contributed by atoms with E-state index in [0.29, 0.717) is 45.7 Å². The van der Waals surface area contributed by atoms with Crippen LogP contribution >= 0.6 is 0 Å². The number of carbonyl (C=O) groups is 1. The first-order valence-electron chi connectivity index (χ1n) is 7.18. The van der Waals surface area contributed by atoms with Crippen molar-refractivity contribution >= 4 is 11.7 Å². The van der Waals surface area contributed by atoms with Crippen molar-refractivity contribution < 1.29 is 14.7 Å². The minimum atomic E-state index is 0.137. The highest BCUT2D eigenvalue weighted by Crippen LogP contribution is 2.48. The molecule has 7 heteroatoms. The van der Waals surface area contributed by atoms with E-state index >= 15 is 0 Å². The predicted molar refractivity (Wildman–Crippen MR) is 74.6 cm³/mol. The van der Waals surface area contributed by atoms with Crippen LogP contribution in [0.3, 0.4) is 0 Å². The van der Waals surface area contributed by atoms with Gasteiger partial charge < -0.3 is 25.9 Å². The molecule has 1 aliphatic heterocycles. The molecule has 2 aliphatic rings. The average Bonchev–Trinajstić information content (AvgIpc) is 3.24. The highest BCUT2D eigenvalue weighted by molar-refractivity contribution is 5.80. The van der Waals surface area contributed by atoms with Crippen molar-refractivity contribution in [2.24, 2.45) is 16.3 Å². The van der Waals surface area contributed by atoms with Crippen LogP contribution in [0.2, 0.25) is 0 Å². The number of ether oxygens (including phenoxy) is 1. The summed E-state index contributed by atoms with van der Waals surface area (Å²) in [7, 11) is 0. The van der Waals surface area contributed by atoms with Gasteiger partial charge in [0.15, 0.2) is 0 Å². The molecule has 1 amide bonds. The summed E-state index contributed by atoms with van der Waals surface area (Å²) in [5.41, 5.74) is 5.69. The third kappa shape index (κ3) is 4.35. The van der Waals surface area contributed by atoms with Gasteiger partial charge >= 0.3 is 0 Å². The number of amidine groups is 1. The Hall–Kier alpha value is -1.34. The summed E-state index contributed by atoms with van der Waals surface area (Å²) in [4.78, 5) is 13.8. The van der Waals surface area contributed by atoms with Gasteiger partial charge in [-0.1, -0.05) is 5.16 Å². The molecule has 0 radical (unpaired) electrons. The second kappa shape index (κ2) is 6.90. The number of hydrogen-bond donors (Lipinski definition) is 3. The zero-order valence-corrected chi connectivity index (χ0v) is 11.8. The molecule has 114 valence electrons. The molecule has 0 aromatic carbocycles. The molecule has 0 unspecified atom stereocenters. The second-order valence-electron chi connectivity index (χ2n) is 5.69. The van der Waals surface area contributed by atoms with Crippen LogP contribution in [0.5, 0.6) is 0 Å². The molecule has 0 spiro atoms. The molecular weight excluding hydrogens is 260 g/mol. The van der Waals surface area contributed by atoms with E-state index in [9.17, 15) is 4.79 Å². The summed E-state index contributed by atoms with van der Waals surface area (Å²) >= 11 is 0. The summed E-state index contributed by atoms with van der Waals surface area (Å²) in [5.74, 6) is 0.468. The van der Waals surface area contributed by atoms with E-state index in [1.165, 1.54) is 0 Å². The van der Waals surface area contributed by atoms with Gasteiger partial charge in [0.1, 0.15) is 5.84 Å². The fourth-order valence-corrected chi connectivity index (χ4v) is 2.53. The number of amides is 1. The van der Waals surface area contributed by atoms with Crippen molar-refractivity contribution in [2.45, 2.75) is 25.7 Å². The van der Waals surface area contributed by atoms with Gasteiger partial charge in [0.25, 0.3) is 0 Å². The van der Waals surface area contributed by atoms with Crippen LogP contribution in [0.15, 0.2) is 5.16 Å². The quantitative estimate of drug-likeness (QED) is 0.197. The molecule has 0 bridgehead atoms. The van der Waals surface area contributed by atoms with E-state index in [4.69, 9.17) is 15.7 Å². The van der Waals surface area contributed by atoms with Gasteiger partial charge in [-0.25, -0.2) is 0 Å². The maximum absolute atomic E-state index is 11.9. The average molecular weight is 284 g/mol. The summed E-state index contributed by atoms with van der Waals surface area (Å²) in [6.07, 6.45) is 3.31. The normalized spacial score (nSPS) is 21.8. The number of nitrogens with two attached hydrogens (primary N) is 1. The van der Waals surface area contributed by atoms with Crippen molar-refractivity contribution in [3.8, 4) is 0 Å². The maximum atomic E-state index is 11.9. The minimum Gasteiger partial charge on any atom is -0.409 e. The Morgan fingerprint density at radius 1 is 1.40 bits per heavy atom. The minimum absolute atomic E-state index is 0.137. The van der Waals surface area contributed by atoms with Crippen molar-refractivity contribution in [3.63, 3.8) is 0 Å². The van der Waals surface area contributed by atoms with Gasteiger partial charge in [0.05, 0.1) is 13.2 Å². The fraction of sp³-hybridized carbons (Fsp3) is 0.846. The van der Waals surface area contributed by atoms with E-state index < -0.39 is 0 Å². The Morgan fingerprint density at radius 2 is 2.10 bits per heavy atom. The van der Waals surface area contributed by atoms with Crippen LogP contribution < -0.4 is 11.1 Å². The Morgan fingerprint density at radius 3 is 2.70 bits per heavy atom. The van der Waals surface area contributed by atoms with Crippen LogP contribution in [0.1, 0.15) is 25.7 Å². The lowest BCUT2D eigenvalue weighted by atomic mass is 10.0. The first-order chi connectivity index (χ1) is 9.65. The molecule has 0 aromatic heterocycles. The zero-order valence-electron chi connectivity index (χ0n) is 11.8. The summed E-state index contributed by atoms with van der Waals surface area (Å²) < 4.78 is 5.22. The van der Waals surface area contributed by atoms with Gasteiger partial charge in [-0.3, -0.25) is 4.79 Å². The number of hydrogen-bond acceptors (Lipinski definition) is 5. The molecule has 2 rings (SSSR count). The molecule has 7 nitrogen and oxygen atoms in total. The van der Waals surface area contributed by atoms with Crippen LogP contribution in [0.25, 0.3) is 0 Å². The molecule has 0 atom stereocenters. The lowest BCUT2D eigenvalue weighted by Crippen LogP contribution is -2.42. The number of nitrogens with zero attached hydrogens (tertiary/aromatic N) is 2. The first-order valence-corrected chi connectivity index (χ1v) is 7.18. The number of rotatable bonds is 7. The van der Waals surface area contributed by atoms with E-state index in [1.807, 2.05) is 4.90 Å². The van der Waals surface area contributed by atoms with Gasteiger partial charge in [0, 0.05) is 39.0 Å². The highest BCUT2D eigenvalue weighted by atomic mass is 16.5. The van der Waals surface area contributed by atoms with E-state index in [-0.39, 0.29) is 17.2 Å². The Kier molecular flexibility index (Phi) is 5.19. The SMILES string of the molecule is NC(CC1(CNCCC(=O)N2CCOCC2)CC1)=NO. The molecule has 1 saturated carbocycles. The van der Waals surface area contributed by atoms with Crippen molar-refractivity contribution in [3.05, 3.63) is 0 Å². The third-order valence-electron chi connectivity index (χ3n) is 4.02. The van der Waals surface area contributed by atoms with E-state index in [0.717, 1.165) is 19.4 Å². The van der Waals surface area contributed by atoms with Gasteiger partial charge in [-0.2, -0.15) is 0 Å². The second-order valence-corrected chi connectivity index (χ2v) is 5.69. The molecule has 20 heavy (non-hydrogen) atoms. The van der Waals surface area contributed by atoms with Crippen molar-refractivity contribution in [2.75, 3.05) is 39.4 Å². The third-order valence-corrected chi connectivity index (χ3v) is 4.02. The molecule has 1 heterocycles. The topological polar surface area (TPSA) is 100 Å². The predicted octanol–water partition coefficient (Wildman–Crippen LogP) is -0.258. The highest BCUT2D eigenvalue weighted by Gasteiger charge is 2.42. The number of morpholine rings is 1. The van der Waals surface area contributed by atoms with Crippen LogP contribution in [0, 0.1) is 5.41 Å². The molecule has 1 aliphatic carbocycles. The smallest absolute Gasteiger partial charge is 0.224 e. The monoisotopic (exact) mass is 284 g/mol. The number of carbonyl (C=O) groups excluding carboxylic acids is 1. The van der Waals surface area contributed by atoms with Crippen LogP contribution in [0.4, 0.5) is 0 Å². The van der Waals surface area contributed by atoms with E-state index in [1.54, 1.807) is 0 Å². The van der Waals surface area contributed by atoms with Crippen LogP contribution in [-0.4, -0.2) is 61.2 Å². The molecular formula is C13H24N4O3. The maximum Gasteiger partial charge on any atom is 0.224 e. The number of oxime groups is 1. The Bertz CT molecular complexity index is 363. The van der Waals surface area contributed by atoms with E-state index in [2.05, 4.69) is 10.5 Å². The zero-order chi connectivity index (χ0) is 14.4. The fourth-order valence-electron chi connectivity index (χ4n) is 2.53. The van der Waals surface area contributed by atoms with Crippen LogP contribution in [-0.2, 0) is 9.53 Å².